The molecule has 0 N–H and O–H groups in total. The van der Waals surface area contributed by atoms with E-state index in [2.05, 4.69) is 41.1 Å². The Morgan fingerprint density at radius 2 is 2.16 bits per heavy atom. The molecule has 1 saturated heterocycles. The van der Waals surface area contributed by atoms with Crippen molar-refractivity contribution in [2.45, 2.75) is 26.4 Å². The summed E-state index contributed by atoms with van der Waals surface area (Å²) in [4.78, 5) is 20.0. The number of pyridine rings is 1. The number of benzene rings is 1. The first-order chi connectivity index (χ1) is 12.0. The Morgan fingerprint density at radius 1 is 1.32 bits per heavy atom. The third-order valence-electron chi connectivity index (χ3n) is 4.32. The van der Waals surface area contributed by atoms with Crippen molar-refractivity contribution in [2.75, 3.05) is 19.6 Å². The second-order valence-electron chi connectivity index (χ2n) is 6.47. The number of ether oxygens (including phenoxy) is 1. The van der Waals surface area contributed by atoms with Crippen molar-refractivity contribution >= 4 is 6.09 Å². The topological polar surface area (TPSA) is 45.7 Å². The summed E-state index contributed by atoms with van der Waals surface area (Å²) in [5.74, 6) is -0.402. The number of carbonyl (C=O) groups is 1. The van der Waals surface area contributed by atoms with Gasteiger partial charge in [-0.15, -0.1) is 0 Å². The zero-order valence-electron chi connectivity index (χ0n) is 14.5. The van der Waals surface area contributed by atoms with Crippen molar-refractivity contribution in [1.29, 1.82) is 0 Å². The molecule has 1 aromatic heterocycles. The first-order valence-electron chi connectivity index (χ1n) is 8.38. The summed E-state index contributed by atoms with van der Waals surface area (Å²) in [7, 11) is 0. The summed E-state index contributed by atoms with van der Waals surface area (Å²) in [6.07, 6.45) is 1.94. The molecular weight excluding hydrogens is 321 g/mol. The van der Waals surface area contributed by atoms with Gasteiger partial charge in [0, 0.05) is 38.3 Å². The highest BCUT2D eigenvalue weighted by molar-refractivity contribution is 5.71. The van der Waals surface area contributed by atoms with Crippen molar-refractivity contribution < 1.29 is 13.9 Å². The molecule has 6 heteroatoms. The molecule has 2 aromatic rings. The number of halogens is 1. The molecule has 1 aliphatic heterocycles. The minimum atomic E-state index is -0.527. The third-order valence-corrected chi connectivity index (χ3v) is 4.32. The SMILES string of the molecule is Cc1cccc(CN2CCN(C(=O)Oc3cncc(F)c3)[C@H](C)C2)c1. The highest BCUT2D eigenvalue weighted by atomic mass is 19.1. The summed E-state index contributed by atoms with van der Waals surface area (Å²) in [5.41, 5.74) is 2.52. The minimum absolute atomic E-state index is 0.0209. The molecule has 3 rings (SSSR count). The fourth-order valence-corrected chi connectivity index (χ4v) is 3.12. The molecule has 0 saturated carbocycles. The van der Waals surface area contributed by atoms with Crippen LogP contribution in [0.1, 0.15) is 18.1 Å². The first kappa shape index (κ1) is 17.4. The Kier molecular flexibility index (Phi) is 5.28. The molecule has 25 heavy (non-hydrogen) atoms. The summed E-state index contributed by atoms with van der Waals surface area (Å²) in [6.45, 7) is 7.06. The van der Waals surface area contributed by atoms with Gasteiger partial charge in [0.2, 0.25) is 0 Å². The van der Waals surface area contributed by atoms with Crippen molar-refractivity contribution in [2.24, 2.45) is 0 Å². The van der Waals surface area contributed by atoms with E-state index >= 15 is 0 Å². The van der Waals surface area contributed by atoms with Crippen LogP contribution in [-0.2, 0) is 6.54 Å². The number of aromatic nitrogens is 1. The maximum atomic E-state index is 13.1. The molecule has 2 heterocycles. The Balaban J connectivity index is 1.57. The van der Waals surface area contributed by atoms with E-state index in [0.29, 0.717) is 6.54 Å². The monoisotopic (exact) mass is 343 g/mol. The molecular formula is C19H22FN3O2. The largest absolute Gasteiger partial charge is 0.415 e. The molecule has 1 aromatic carbocycles. The van der Waals surface area contributed by atoms with Crippen LogP contribution in [0.15, 0.2) is 42.7 Å². The van der Waals surface area contributed by atoms with Gasteiger partial charge in [-0.2, -0.15) is 0 Å². The fraction of sp³-hybridized carbons (Fsp3) is 0.368. The van der Waals surface area contributed by atoms with Crippen molar-refractivity contribution in [1.82, 2.24) is 14.8 Å². The number of aryl methyl sites for hydroxylation is 1. The van der Waals surface area contributed by atoms with Crippen LogP contribution in [0.2, 0.25) is 0 Å². The number of piperazine rings is 1. The van der Waals surface area contributed by atoms with Gasteiger partial charge in [-0.3, -0.25) is 9.88 Å². The highest BCUT2D eigenvalue weighted by Crippen LogP contribution is 2.17. The Labute approximate surface area is 147 Å². The molecule has 0 spiro atoms. The molecule has 0 bridgehead atoms. The smallest absolute Gasteiger partial charge is 0.408 e. The summed E-state index contributed by atoms with van der Waals surface area (Å²) < 4.78 is 18.4. The van der Waals surface area contributed by atoms with Gasteiger partial charge in [0.05, 0.1) is 12.4 Å². The van der Waals surface area contributed by atoms with Crippen LogP contribution in [0, 0.1) is 12.7 Å². The lowest BCUT2D eigenvalue weighted by molar-refractivity contribution is 0.0751. The quantitative estimate of drug-likeness (QED) is 0.858. The number of hydrogen-bond acceptors (Lipinski definition) is 4. The van der Waals surface area contributed by atoms with Gasteiger partial charge >= 0.3 is 6.09 Å². The van der Waals surface area contributed by atoms with Gasteiger partial charge in [-0.05, 0) is 19.4 Å². The van der Waals surface area contributed by atoms with E-state index in [1.165, 1.54) is 17.3 Å². The first-order valence-corrected chi connectivity index (χ1v) is 8.38. The second kappa shape index (κ2) is 7.61. The van der Waals surface area contributed by atoms with Gasteiger partial charge in [0.25, 0.3) is 0 Å². The van der Waals surface area contributed by atoms with E-state index < -0.39 is 11.9 Å². The van der Waals surface area contributed by atoms with Crippen LogP contribution in [0.4, 0.5) is 9.18 Å². The number of amides is 1. The maximum Gasteiger partial charge on any atom is 0.415 e. The van der Waals surface area contributed by atoms with E-state index in [4.69, 9.17) is 4.74 Å². The van der Waals surface area contributed by atoms with Gasteiger partial charge in [0.1, 0.15) is 5.82 Å². The summed E-state index contributed by atoms with van der Waals surface area (Å²) in [6, 6.07) is 9.63. The molecule has 0 unspecified atom stereocenters. The lowest BCUT2D eigenvalue weighted by atomic mass is 10.1. The highest BCUT2D eigenvalue weighted by Gasteiger charge is 2.28. The molecule has 0 radical (unpaired) electrons. The van der Waals surface area contributed by atoms with Crippen LogP contribution in [0.3, 0.4) is 0 Å². The molecule has 1 aliphatic rings. The molecule has 5 nitrogen and oxygen atoms in total. The van der Waals surface area contributed by atoms with Crippen LogP contribution in [0.5, 0.6) is 5.75 Å². The summed E-state index contributed by atoms with van der Waals surface area (Å²) in [5, 5.41) is 0. The van der Waals surface area contributed by atoms with E-state index in [-0.39, 0.29) is 11.8 Å². The molecule has 132 valence electrons. The van der Waals surface area contributed by atoms with Gasteiger partial charge in [-0.25, -0.2) is 9.18 Å². The number of rotatable bonds is 3. The zero-order valence-corrected chi connectivity index (χ0v) is 14.5. The van der Waals surface area contributed by atoms with E-state index in [9.17, 15) is 9.18 Å². The molecule has 1 atom stereocenters. The van der Waals surface area contributed by atoms with E-state index in [1.807, 2.05) is 6.92 Å². The molecule has 1 amide bonds. The van der Waals surface area contributed by atoms with Gasteiger partial charge < -0.3 is 9.64 Å². The zero-order chi connectivity index (χ0) is 17.8. The van der Waals surface area contributed by atoms with E-state index in [0.717, 1.165) is 31.9 Å². The normalized spacial score (nSPS) is 18.2. The molecule has 1 fully saturated rings. The van der Waals surface area contributed by atoms with Crippen LogP contribution >= 0.6 is 0 Å². The second-order valence-corrected chi connectivity index (χ2v) is 6.47. The summed E-state index contributed by atoms with van der Waals surface area (Å²) >= 11 is 0. The Hall–Kier alpha value is -2.47. The fourth-order valence-electron chi connectivity index (χ4n) is 3.12. The number of nitrogens with zero attached hydrogens (tertiary/aromatic N) is 3. The van der Waals surface area contributed by atoms with Crippen molar-refractivity contribution in [3.8, 4) is 5.75 Å². The lowest BCUT2D eigenvalue weighted by Gasteiger charge is -2.39. The number of carbonyl (C=O) groups excluding carboxylic acids is 1. The van der Waals surface area contributed by atoms with Gasteiger partial charge in [-0.1, -0.05) is 29.8 Å². The lowest BCUT2D eigenvalue weighted by Crippen LogP contribution is -2.54. The van der Waals surface area contributed by atoms with Crippen molar-refractivity contribution in [3.63, 3.8) is 0 Å². The third kappa shape index (κ3) is 4.54. The van der Waals surface area contributed by atoms with E-state index in [1.54, 1.807) is 4.90 Å². The Bertz CT molecular complexity index is 753. The number of hydrogen-bond donors (Lipinski definition) is 0. The van der Waals surface area contributed by atoms with Crippen molar-refractivity contribution in [3.05, 3.63) is 59.7 Å². The van der Waals surface area contributed by atoms with Gasteiger partial charge in [0.15, 0.2) is 5.75 Å². The standard InChI is InChI=1S/C19H22FN3O2/c1-14-4-3-5-16(8-14)13-22-6-7-23(15(2)12-22)19(24)25-18-9-17(20)10-21-11-18/h3-5,8-11,15H,6-7,12-13H2,1-2H3/t15-/m1/s1. The Morgan fingerprint density at radius 3 is 2.88 bits per heavy atom. The average Bonchev–Trinajstić information content (AvgIpc) is 2.55. The predicted octanol–water partition coefficient (Wildman–Crippen LogP) is 3.23. The van der Waals surface area contributed by atoms with Crippen LogP contribution < -0.4 is 4.74 Å². The van der Waals surface area contributed by atoms with Crippen LogP contribution in [-0.4, -0.2) is 46.6 Å². The van der Waals surface area contributed by atoms with Crippen LogP contribution in [0.25, 0.3) is 0 Å². The average molecular weight is 343 g/mol. The predicted molar refractivity (Wildman–Crippen MR) is 92.8 cm³/mol. The maximum absolute atomic E-state index is 13.1. The molecule has 0 aliphatic carbocycles. The minimum Gasteiger partial charge on any atom is -0.408 e.